The smallest absolute Gasteiger partial charge is 0.242 e. The maximum absolute atomic E-state index is 14.1. The van der Waals surface area contributed by atoms with E-state index in [-0.39, 0.29) is 5.75 Å². The average molecular weight is 384 g/mol. The van der Waals surface area contributed by atoms with E-state index in [4.69, 9.17) is 10.5 Å². The maximum Gasteiger partial charge on any atom is 0.242 e. The van der Waals surface area contributed by atoms with E-state index in [1.165, 1.54) is 17.9 Å². The standard InChI is InChI=1S/C19H21FN6O2/c1-4-15(18(21)27)26-10-13(9-23-26)24-19-22-8-11(2)17(25-19)12-5-6-16(28-3)14(20)7-12/h5-10,15H,4H2,1-3H3,(H2,21,27)(H,22,24,25). The average Bonchev–Trinajstić information content (AvgIpc) is 3.11. The van der Waals surface area contributed by atoms with Crippen molar-refractivity contribution in [2.75, 3.05) is 12.4 Å². The van der Waals surface area contributed by atoms with Crippen LogP contribution >= 0.6 is 0 Å². The molecule has 0 radical (unpaired) electrons. The highest BCUT2D eigenvalue weighted by Gasteiger charge is 2.16. The molecule has 3 rings (SSSR count). The molecule has 146 valence electrons. The van der Waals surface area contributed by atoms with Crippen molar-refractivity contribution in [3.05, 3.63) is 48.2 Å². The van der Waals surface area contributed by atoms with Gasteiger partial charge in [-0.25, -0.2) is 14.4 Å². The van der Waals surface area contributed by atoms with Crippen LogP contribution in [0.4, 0.5) is 16.0 Å². The van der Waals surface area contributed by atoms with Gasteiger partial charge < -0.3 is 15.8 Å². The molecule has 0 bridgehead atoms. The lowest BCUT2D eigenvalue weighted by atomic mass is 10.1. The first-order valence-electron chi connectivity index (χ1n) is 8.71. The molecule has 0 aliphatic carbocycles. The van der Waals surface area contributed by atoms with Crippen molar-refractivity contribution in [3.8, 4) is 17.0 Å². The summed E-state index contributed by atoms with van der Waals surface area (Å²) in [6, 6.07) is 4.14. The number of nitrogens with one attached hydrogen (secondary N) is 1. The van der Waals surface area contributed by atoms with Gasteiger partial charge in [0, 0.05) is 18.0 Å². The van der Waals surface area contributed by atoms with Gasteiger partial charge in [0.1, 0.15) is 6.04 Å². The summed E-state index contributed by atoms with van der Waals surface area (Å²) in [5, 5.41) is 7.21. The summed E-state index contributed by atoms with van der Waals surface area (Å²) in [7, 11) is 1.41. The molecule has 28 heavy (non-hydrogen) atoms. The zero-order chi connectivity index (χ0) is 20.3. The van der Waals surface area contributed by atoms with E-state index < -0.39 is 17.8 Å². The Morgan fingerprint density at radius 3 is 2.82 bits per heavy atom. The summed E-state index contributed by atoms with van der Waals surface area (Å²) in [6.45, 7) is 3.70. The molecule has 1 aromatic carbocycles. The summed E-state index contributed by atoms with van der Waals surface area (Å²) in [5.74, 6) is -0.428. The third-order valence-electron chi connectivity index (χ3n) is 4.29. The Morgan fingerprint density at radius 2 is 2.18 bits per heavy atom. The molecule has 0 spiro atoms. The van der Waals surface area contributed by atoms with Gasteiger partial charge >= 0.3 is 0 Å². The lowest BCUT2D eigenvalue weighted by molar-refractivity contribution is -0.121. The lowest BCUT2D eigenvalue weighted by Gasteiger charge is -2.11. The Hall–Kier alpha value is -3.49. The Labute approximate surface area is 161 Å². The SMILES string of the molecule is CCC(C(N)=O)n1cc(Nc2ncc(C)c(-c3ccc(OC)c(F)c3)n2)cn1. The number of primary amides is 1. The molecule has 8 nitrogen and oxygen atoms in total. The molecular formula is C19H21FN6O2. The van der Waals surface area contributed by atoms with Gasteiger partial charge in [-0.2, -0.15) is 5.10 Å². The Kier molecular flexibility index (Phi) is 5.53. The second-order valence-electron chi connectivity index (χ2n) is 6.23. The number of methoxy groups -OCH3 is 1. The second-order valence-corrected chi connectivity index (χ2v) is 6.23. The van der Waals surface area contributed by atoms with E-state index >= 15 is 0 Å². The van der Waals surface area contributed by atoms with Crippen LogP contribution in [-0.2, 0) is 4.79 Å². The number of nitrogens with zero attached hydrogens (tertiary/aromatic N) is 4. The number of carbonyl (C=O) groups is 1. The number of hydrogen-bond acceptors (Lipinski definition) is 6. The van der Waals surface area contributed by atoms with Crippen LogP contribution in [0.15, 0.2) is 36.8 Å². The van der Waals surface area contributed by atoms with Crippen LogP contribution in [0.1, 0.15) is 24.9 Å². The highest BCUT2D eigenvalue weighted by atomic mass is 19.1. The van der Waals surface area contributed by atoms with Crippen molar-refractivity contribution in [2.45, 2.75) is 26.3 Å². The number of ether oxygens (including phenoxy) is 1. The molecule has 2 aromatic heterocycles. The van der Waals surface area contributed by atoms with E-state index in [9.17, 15) is 9.18 Å². The summed E-state index contributed by atoms with van der Waals surface area (Å²) in [6.07, 6.45) is 5.40. The van der Waals surface area contributed by atoms with Crippen LogP contribution < -0.4 is 15.8 Å². The monoisotopic (exact) mass is 384 g/mol. The third-order valence-corrected chi connectivity index (χ3v) is 4.29. The van der Waals surface area contributed by atoms with E-state index in [2.05, 4.69) is 20.4 Å². The first kappa shape index (κ1) is 19.3. The molecule has 0 saturated carbocycles. The van der Waals surface area contributed by atoms with Crippen molar-refractivity contribution in [1.82, 2.24) is 19.7 Å². The first-order valence-corrected chi connectivity index (χ1v) is 8.71. The predicted octanol–water partition coefficient (Wildman–Crippen LogP) is 2.98. The summed E-state index contributed by atoms with van der Waals surface area (Å²) in [5.41, 5.74) is 7.99. The van der Waals surface area contributed by atoms with E-state index in [0.717, 1.165) is 5.56 Å². The quantitative estimate of drug-likeness (QED) is 0.648. The minimum absolute atomic E-state index is 0.168. The fourth-order valence-electron chi connectivity index (χ4n) is 2.83. The molecule has 0 aliphatic heterocycles. The van der Waals surface area contributed by atoms with Crippen molar-refractivity contribution in [1.29, 1.82) is 0 Å². The number of aryl methyl sites for hydroxylation is 1. The summed E-state index contributed by atoms with van der Waals surface area (Å²) in [4.78, 5) is 20.2. The molecule has 1 atom stereocenters. The number of hydrogen-bond donors (Lipinski definition) is 2. The van der Waals surface area contributed by atoms with Gasteiger partial charge in [-0.1, -0.05) is 6.92 Å². The Bertz CT molecular complexity index is 1000. The zero-order valence-electron chi connectivity index (χ0n) is 15.8. The number of anilines is 2. The molecule has 1 unspecified atom stereocenters. The fourth-order valence-corrected chi connectivity index (χ4v) is 2.83. The number of carbonyl (C=O) groups excluding carboxylic acids is 1. The van der Waals surface area contributed by atoms with Crippen molar-refractivity contribution in [3.63, 3.8) is 0 Å². The van der Waals surface area contributed by atoms with Crippen LogP contribution in [0.5, 0.6) is 5.75 Å². The summed E-state index contributed by atoms with van der Waals surface area (Å²) < 4.78 is 20.5. The van der Waals surface area contributed by atoms with E-state index in [0.29, 0.717) is 29.3 Å². The number of rotatable bonds is 7. The predicted molar refractivity (Wildman–Crippen MR) is 103 cm³/mol. The van der Waals surface area contributed by atoms with Gasteiger partial charge in [-0.3, -0.25) is 9.48 Å². The molecule has 9 heteroatoms. The minimum Gasteiger partial charge on any atom is -0.494 e. The largest absolute Gasteiger partial charge is 0.494 e. The fraction of sp³-hybridized carbons (Fsp3) is 0.263. The van der Waals surface area contributed by atoms with Crippen LogP contribution in [-0.4, -0.2) is 32.8 Å². The van der Waals surface area contributed by atoms with Crippen LogP contribution in [0.25, 0.3) is 11.3 Å². The van der Waals surface area contributed by atoms with E-state index in [1.54, 1.807) is 30.7 Å². The van der Waals surface area contributed by atoms with Gasteiger partial charge in [-0.15, -0.1) is 0 Å². The maximum atomic E-state index is 14.1. The molecule has 3 aromatic rings. The molecule has 0 fully saturated rings. The van der Waals surface area contributed by atoms with Crippen molar-refractivity contribution < 1.29 is 13.9 Å². The molecule has 0 saturated heterocycles. The van der Waals surface area contributed by atoms with Gasteiger partial charge in [0.25, 0.3) is 0 Å². The lowest BCUT2D eigenvalue weighted by Crippen LogP contribution is -2.26. The van der Waals surface area contributed by atoms with Crippen molar-refractivity contribution in [2.24, 2.45) is 5.73 Å². The minimum atomic E-state index is -0.521. The summed E-state index contributed by atoms with van der Waals surface area (Å²) >= 11 is 0. The van der Waals surface area contributed by atoms with Crippen LogP contribution in [0, 0.1) is 12.7 Å². The van der Waals surface area contributed by atoms with Crippen LogP contribution in [0.3, 0.4) is 0 Å². The number of amides is 1. The topological polar surface area (TPSA) is 108 Å². The van der Waals surface area contributed by atoms with Crippen molar-refractivity contribution >= 4 is 17.5 Å². The molecule has 1 amide bonds. The number of halogens is 1. The highest BCUT2D eigenvalue weighted by Crippen LogP contribution is 2.27. The Balaban J connectivity index is 1.87. The van der Waals surface area contributed by atoms with Crippen LogP contribution in [0.2, 0.25) is 0 Å². The van der Waals surface area contributed by atoms with Gasteiger partial charge in [-0.05, 0) is 37.1 Å². The molecule has 2 heterocycles. The normalized spacial score (nSPS) is 11.9. The third kappa shape index (κ3) is 3.93. The number of nitrogens with two attached hydrogens (primary N) is 1. The molecular weight excluding hydrogens is 363 g/mol. The highest BCUT2D eigenvalue weighted by molar-refractivity contribution is 5.78. The molecule has 0 aliphatic rings. The molecule has 3 N–H and O–H groups in total. The second kappa shape index (κ2) is 8.03. The zero-order valence-corrected chi connectivity index (χ0v) is 15.8. The van der Waals surface area contributed by atoms with Gasteiger partial charge in [0.2, 0.25) is 11.9 Å². The number of benzene rings is 1. The van der Waals surface area contributed by atoms with Gasteiger partial charge in [0.05, 0.1) is 24.7 Å². The first-order chi connectivity index (χ1) is 13.4. The Morgan fingerprint density at radius 1 is 1.39 bits per heavy atom. The van der Waals surface area contributed by atoms with Gasteiger partial charge in [0.15, 0.2) is 11.6 Å². The van der Waals surface area contributed by atoms with E-state index in [1.807, 2.05) is 13.8 Å². The number of aromatic nitrogens is 4.